The Morgan fingerprint density at radius 2 is 1.95 bits per heavy atom. The van der Waals surface area contributed by atoms with Gasteiger partial charge in [-0.05, 0) is 64.0 Å². The van der Waals surface area contributed by atoms with Gasteiger partial charge in [0.25, 0.3) is 0 Å². The number of benzene rings is 1. The van der Waals surface area contributed by atoms with Gasteiger partial charge in [-0.3, -0.25) is 0 Å². The molecule has 0 heterocycles. The number of aryl methyl sites for hydroxylation is 1. The maximum absolute atomic E-state index is 3.68. The monoisotopic (exact) mass is 272 g/mol. The Labute approximate surface area is 123 Å². The molecule has 1 aromatic carbocycles. The molecule has 20 heavy (non-hydrogen) atoms. The zero-order valence-electron chi connectivity index (χ0n) is 13.2. The first-order chi connectivity index (χ1) is 9.63. The van der Waals surface area contributed by atoms with Crippen molar-refractivity contribution in [3.8, 4) is 0 Å². The topological polar surface area (TPSA) is 15.3 Å². The van der Waals surface area contributed by atoms with Crippen LogP contribution in [0.3, 0.4) is 0 Å². The Morgan fingerprint density at radius 3 is 2.55 bits per heavy atom. The highest BCUT2D eigenvalue weighted by Crippen LogP contribution is 2.34. The Hall–Kier alpha value is -1.02. The van der Waals surface area contributed by atoms with Crippen molar-refractivity contribution in [2.24, 2.45) is 5.92 Å². The van der Waals surface area contributed by atoms with E-state index in [-0.39, 0.29) is 0 Å². The van der Waals surface area contributed by atoms with Crippen LogP contribution < -0.4 is 10.2 Å². The largest absolute Gasteiger partial charge is 0.369 e. The number of anilines is 1. The summed E-state index contributed by atoms with van der Waals surface area (Å²) in [6.07, 6.45) is 5.56. The van der Waals surface area contributed by atoms with E-state index in [2.05, 4.69) is 49.2 Å². The lowest BCUT2D eigenvalue weighted by atomic mass is 10.1. The van der Waals surface area contributed by atoms with Gasteiger partial charge in [0, 0.05) is 30.9 Å². The summed E-state index contributed by atoms with van der Waals surface area (Å²) in [4.78, 5) is 2.61. The van der Waals surface area contributed by atoms with Gasteiger partial charge >= 0.3 is 0 Å². The van der Waals surface area contributed by atoms with Crippen molar-refractivity contribution in [3.63, 3.8) is 0 Å². The fraction of sp³-hybridized carbons (Fsp3) is 0.667. The molecule has 2 saturated carbocycles. The average Bonchev–Trinajstić information content (AvgIpc) is 3.28. The van der Waals surface area contributed by atoms with Crippen molar-refractivity contribution in [1.29, 1.82) is 0 Å². The normalized spacial score (nSPS) is 18.6. The molecule has 0 unspecified atom stereocenters. The van der Waals surface area contributed by atoms with E-state index in [1.807, 2.05) is 0 Å². The van der Waals surface area contributed by atoms with E-state index in [4.69, 9.17) is 0 Å². The highest BCUT2D eigenvalue weighted by atomic mass is 15.2. The molecular weight excluding hydrogens is 244 g/mol. The molecule has 2 fully saturated rings. The van der Waals surface area contributed by atoms with Crippen LogP contribution in [-0.2, 0) is 6.54 Å². The van der Waals surface area contributed by atoms with Crippen molar-refractivity contribution >= 4 is 5.69 Å². The van der Waals surface area contributed by atoms with Crippen molar-refractivity contribution in [2.75, 3.05) is 11.4 Å². The molecule has 0 radical (unpaired) electrons. The molecule has 1 aromatic rings. The molecule has 2 nitrogen and oxygen atoms in total. The summed E-state index contributed by atoms with van der Waals surface area (Å²) in [5, 5.41) is 3.68. The van der Waals surface area contributed by atoms with Crippen molar-refractivity contribution in [3.05, 3.63) is 29.3 Å². The minimum atomic E-state index is 0.581. The summed E-state index contributed by atoms with van der Waals surface area (Å²) in [5.41, 5.74) is 4.30. The van der Waals surface area contributed by atoms with Gasteiger partial charge in [-0.25, -0.2) is 0 Å². The highest BCUT2D eigenvalue weighted by Gasteiger charge is 2.27. The van der Waals surface area contributed by atoms with Crippen LogP contribution in [0.1, 0.15) is 50.7 Å². The minimum Gasteiger partial charge on any atom is -0.369 e. The molecule has 2 aliphatic carbocycles. The summed E-state index contributed by atoms with van der Waals surface area (Å²) in [5.74, 6) is 0.933. The molecular formula is C18H28N2. The van der Waals surface area contributed by atoms with Crippen LogP contribution in [0.25, 0.3) is 0 Å². The second-order valence-electron chi connectivity index (χ2n) is 6.98. The molecule has 110 valence electrons. The van der Waals surface area contributed by atoms with E-state index in [1.165, 1.54) is 49.0 Å². The van der Waals surface area contributed by atoms with Gasteiger partial charge < -0.3 is 10.2 Å². The lowest BCUT2D eigenvalue weighted by molar-refractivity contribution is 0.632. The average molecular weight is 272 g/mol. The lowest BCUT2D eigenvalue weighted by Crippen LogP contribution is -2.34. The number of nitrogens with zero attached hydrogens (tertiary/aromatic N) is 1. The smallest absolute Gasteiger partial charge is 0.0414 e. The zero-order chi connectivity index (χ0) is 14.1. The third kappa shape index (κ3) is 3.54. The van der Waals surface area contributed by atoms with Crippen LogP contribution in [0, 0.1) is 12.8 Å². The predicted molar refractivity (Wildman–Crippen MR) is 86.2 cm³/mol. The summed E-state index contributed by atoms with van der Waals surface area (Å²) >= 11 is 0. The Kier molecular flexibility index (Phi) is 4.02. The summed E-state index contributed by atoms with van der Waals surface area (Å²) in [6.45, 7) is 9.10. The van der Waals surface area contributed by atoms with Crippen LogP contribution in [-0.4, -0.2) is 18.6 Å². The van der Waals surface area contributed by atoms with Crippen LogP contribution in [0.4, 0.5) is 5.69 Å². The Bertz CT molecular complexity index is 458. The van der Waals surface area contributed by atoms with E-state index in [9.17, 15) is 0 Å². The fourth-order valence-corrected chi connectivity index (χ4v) is 2.84. The van der Waals surface area contributed by atoms with E-state index in [0.717, 1.165) is 18.5 Å². The van der Waals surface area contributed by atoms with Gasteiger partial charge in [0.2, 0.25) is 0 Å². The summed E-state index contributed by atoms with van der Waals surface area (Å²) in [7, 11) is 0. The van der Waals surface area contributed by atoms with Crippen molar-refractivity contribution in [2.45, 2.75) is 65.1 Å². The molecule has 0 spiro atoms. The van der Waals surface area contributed by atoms with E-state index in [1.54, 1.807) is 0 Å². The van der Waals surface area contributed by atoms with Crippen molar-refractivity contribution < 1.29 is 0 Å². The Balaban J connectivity index is 1.79. The SMILES string of the molecule is Cc1ccc(N(CC2CC2)C(C)C)c(CNC2CC2)c1. The van der Waals surface area contributed by atoms with Crippen LogP contribution >= 0.6 is 0 Å². The second kappa shape index (κ2) is 5.77. The molecule has 3 rings (SSSR count). The maximum atomic E-state index is 3.68. The highest BCUT2D eigenvalue weighted by molar-refractivity contribution is 5.56. The molecule has 0 aliphatic heterocycles. The van der Waals surface area contributed by atoms with Gasteiger partial charge in [0.1, 0.15) is 0 Å². The predicted octanol–water partition coefficient (Wildman–Crippen LogP) is 3.87. The quantitative estimate of drug-likeness (QED) is 0.810. The van der Waals surface area contributed by atoms with Crippen LogP contribution in [0.15, 0.2) is 18.2 Å². The molecule has 0 saturated heterocycles. The molecule has 2 heteroatoms. The first-order valence-electron chi connectivity index (χ1n) is 8.23. The Morgan fingerprint density at radius 1 is 1.20 bits per heavy atom. The first-order valence-corrected chi connectivity index (χ1v) is 8.23. The van der Waals surface area contributed by atoms with Crippen molar-refractivity contribution in [1.82, 2.24) is 5.32 Å². The fourth-order valence-electron chi connectivity index (χ4n) is 2.84. The standard InChI is InChI=1S/C18H28N2/c1-13(2)20(12-15-5-6-15)18-9-4-14(3)10-16(18)11-19-17-7-8-17/h4,9-10,13,15,17,19H,5-8,11-12H2,1-3H3. The zero-order valence-corrected chi connectivity index (χ0v) is 13.2. The molecule has 1 N–H and O–H groups in total. The van der Waals surface area contributed by atoms with Gasteiger partial charge in [-0.1, -0.05) is 17.7 Å². The third-order valence-corrected chi connectivity index (χ3v) is 4.48. The maximum Gasteiger partial charge on any atom is 0.0414 e. The number of nitrogens with one attached hydrogen (secondary N) is 1. The van der Waals surface area contributed by atoms with E-state index < -0.39 is 0 Å². The first kappa shape index (κ1) is 13.9. The summed E-state index contributed by atoms with van der Waals surface area (Å²) in [6, 6.07) is 8.32. The number of rotatable bonds is 7. The molecule has 0 atom stereocenters. The van der Waals surface area contributed by atoms with E-state index >= 15 is 0 Å². The van der Waals surface area contributed by atoms with Gasteiger partial charge in [0.05, 0.1) is 0 Å². The van der Waals surface area contributed by atoms with Crippen LogP contribution in [0.5, 0.6) is 0 Å². The van der Waals surface area contributed by atoms with Gasteiger partial charge in [-0.15, -0.1) is 0 Å². The van der Waals surface area contributed by atoms with E-state index in [0.29, 0.717) is 6.04 Å². The minimum absolute atomic E-state index is 0.581. The lowest BCUT2D eigenvalue weighted by Gasteiger charge is -2.31. The van der Waals surface area contributed by atoms with Gasteiger partial charge in [-0.2, -0.15) is 0 Å². The van der Waals surface area contributed by atoms with Crippen LogP contribution in [0.2, 0.25) is 0 Å². The molecule has 0 amide bonds. The molecule has 0 bridgehead atoms. The molecule has 2 aliphatic rings. The second-order valence-corrected chi connectivity index (χ2v) is 6.98. The third-order valence-electron chi connectivity index (χ3n) is 4.48. The molecule has 0 aromatic heterocycles. The summed E-state index contributed by atoms with van der Waals surface area (Å²) < 4.78 is 0. The number of hydrogen-bond donors (Lipinski definition) is 1. The number of hydrogen-bond acceptors (Lipinski definition) is 2. The van der Waals surface area contributed by atoms with Gasteiger partial charge in [0.15, 0.2) is 0 Å².